The number of fused-ring (bicyclic) bond motifs is 1. The van der Waals surface area contributed by atoms with Crippen molar-refractivity contribution in [1.82, 2.24) is 24.8 Å². The number of rotatable bonds is 5. The molecule has 27 heavy (non-hydrogen) atoms. The lowest BCUT2D eigenvalue weighted by Gasteiger charge is -2.15. The van der Waals surface area contributed by atoms with Crippen LogP contribution in [0.25, 0.3) is 5.65 Å². The molecule has 3 heterocycles. The largest absolute Gasteiger partial charge is 0.350 e. The topological polar surface area (TPSA) is 62.5 Å². The van der Waals surface area contributed by atoms with Crippen molar-refractivity contribution in [1.29, 1.82) is 0 Å². The van der Waals surface area contributed by atoms with E-state index >= 15 is 0 Å². The number of aromatic nitrogens is 3. The number of pyridine rings is 1. The summed E-state index contributed by atoms with van der Waals surface area (Å²) in [5.74, 6) is 1.20. The Morgan fingerprint density at radius 3 is 2.78 bits per heavy atom. The Labute approximate surface area is 159 Å². The second-order valence-corrected chi connectivity index (χ2v) is 7.54. The first-order valence-corrected chi connectivity index (χ1v) is 9.52. The zero-order valence-corrected chi connectivity index (χ0v) is 15.8. The van der Waals surface area contributed by atoms with Gasteiger partial charge in [-0.15, -0.1) is 10.2 Å². The zero-order chi connectivity index (χ0) is 18.8. The van der Waals surface area contributed by atoms with E-state index in [1.807, 2.05) is 42.6 Å². The Morgan fingerprint density at radius 2 is 2.00 bits per heavy atom. The standard InChI is InChI=1S/C21H25N5O/c1-15(2)22-21(27)18-8-9-19-23-24-20(26(19)14-18)17-10-11-25(13-17)12-16-6-4-3-5-7-16/h3-9,14-15,17H,10-13H2,1-2H3,(H,22,27)/t17-/m1/s1. The van der Waals surface area contributed by atoms with Crippen LogP contribution >= 0.6 is 0 Å². The van der Waals surface area contributed by atoms with Gasteiger partial charge < -0.3 is 5.32 Å². The molecule has 1 aromatic carbocycles. The number of likely N-dealkylation sites (tertiary alicyclic amines) is 1. The van der Waals surface area contributed by atoms with E-state index in [0.29, 0.717) is 11.5 Å². The molecule has 4 rings (SSSR count). The summed E-state index contributed by atoms with van der Waals surface area (Å²) in [7, 11) is 0. The van der Waals surface area contributed by atoms with Crippen molar-refractivity contribution in [2.75, 3.05) is 13.1 Å². The van der Waals surface area contributed by atoms with Gasteiger partial charge in [0.2, 0.25) is 0 Å². The van der Waals surface area contributed by atoms with E-state index in [1.165, 1.54) is 5.56 Å². The number of hydrogen-bond donors (Lipinski definition) is 1. The highest BCUT2D eigenvalue weighted by atomic mass is 16.1. The van der Waals surface area contributed by atoms with E-state index in [-0.39, 0.29) is 11.9 Å². The van der Waals surface area contributed by atoms with Crippen molar-refractivity contribution in [3.8, 4) is 0 Å². The molecule has 6 heteroatoms. The molecule has 6 nitrogen and oxygen atoms in total. The van der Waals surface area contributed by atoms with Gasteiger partial charge in [0.25, 0.3) is 5.91 Å². The van der Waals surface area contributed by atoms with E-state index in [0.717, 1.165) is 37.5 Å². The number of carbonyl (C=O) groups excluding carboxylic acids is 1. The third kappa shape index (κ3) is 3.85. The second-order valence-electron chi connectivity index (χ2n) is 7.54. The summed E-state index contributed by atoms with van der Waals surface area (Å²) in [4.78, 5) is 14.8. The minimum atomic E-state index is -0.0660. The minimum absolute atomic E-state index is 0.0660. The molecular weight excluding hydrogens is 338 g/mol. The Bertz CT molecular complexity index is 934. The van der Waals surface area contributed by atoms with Crippen molar-refractivity contribution < 1.29 is 4.79 Å². The number of nitrogens with zero attached hydrogens (tertiary/aromatic N) is 4. The fraction of sp³-hybridized carbons (Fsp3) is 0.381. The van der Waals surface area contributed by atoms with Crippen LogP contribution in [0, 0.1) is 0 Å². The normalized spacial score (nSPS) is 17.7. The first-order chi connectivity index (χ1) is 13.1. The van der Waals surface area contributed by atoms with Gasteiger partial charge in [0.15, 0.2) is 5.65 Å². The Hall–Kier alpha value is -2.73. The molecule has 1 aliphatic rings. The molecule has 0 bridgehead atoms. The third-order valence-electron chi connectivity index (χ3n) is 5.00. The van der Waals surface area contributed by atoms with Crippen LogP contribution in [0.2, 0.25) is 0 Å². The molecule has 0 spiro atoms. The monoisotopic (exact) mass is 363 g/mol. The predicted molar refractivity (Wildman–Crippen MR) is 105 cm³/mol. The van der Waals surface area contributed by atoms with Gasteiger partial charge in [0.1, 0.15) is 5.82 Å². The van der Waals surface area contributed by atoms with Crippen LogP contribution < -0.4 is 5.32 Å². The molecule has 0 radical (unpaired) electrons. The first kappa shape index (κ1) is 17.7. The first-order valence-electron chi connectivity index (χ1n) is 9.52. The number of nitrogens with one attached hydrogen (secondary N) is 1. The maximum absolute atomic E-state index is 12.3. The maximum atomic E-state index is 12.3. The summed E-state index contributed by atoms with van der Waals surface area (Å²) in [5.41, 5.74) is 2.75. The van der Waals surface area contributed by atoms with Gasteiger partial charge in [-0.1, -0.05) is 30.3 Å². The third-order valence-corrected chi connectivity index (χ3v) is 5.00. The highest BCUT2D eigenvalue weighted by Gasteiger charge is 2.27. The summed E-state index contributed by atoms with van der Waals surface area (Å²) in [5, 5.41) is 11.7. The van der Waals surface area contributed by atoms with E-state index in [1.54, 1.807) is 0 Å². The van der Waals surface area contributed by atoms with Gasteiger partial charge in [-0.2, -0.15) is 0 Å². The predicted octanol–water partition coefficient (Wildman–Crippen LogP) is 2.86. The van der Waals surface area contributed by atoms with Crippen LogP contribution in [-0.2, 0) is 6.54 Å². The smallest absolute Gasteiger partial charge is 0.252 e. The second kappa shape index (κ2) is 7.48. The SMILES string of the molecule is CC(C)NC(=O)c1ccc2nnc([C@@H]3CCN(Cc4ccccc4)C3)n2c1. The van der Waals surface area contributed by atoms with Gasteiger partial charge in [-0.25, -0.2) is 0 Å². The van der Waals surface area contributed by atoms with Crippen molar-refractivity contribution in [3.05, 3.63) is 65.6 Å². The molecule has 140 valence electrons. The molecule has 0 saturated carbocycles. The maximum Gasteiger partial charge on any atom is 0.252 e. The lowest BCUT2D eigenvalue weighted by Crippen LogP contribution is -2.30. The highest BCUT2D eigenvalue weighted by Crippen LogP contribution is 2.27. The Balaban J connectivity index is 1.52. The molecule has 1 N–H and O–H groups in total. The van der Waals surface area contributed by atoms with E-state index in [9.17, 15) is 4.79 Å². The van der Waals surface area contributed by atoms with Gasteiger partial charge in [-0.05, 0) is 44.5 Å². The molecule has 1 atom stereocenters. The van der Waals surface area contributed by atoms with Crippen molar-refractivity contribution in [2.24, 2.45) is 0 Å². The fourth-order valence-corrected chi connectivity index (χ4v) is 3.70. The molecule has 2 aromatic heterocycles. The van der Waals surface area contributed by atoms with Gasteiger partial charge in [0.05, 0.1) is 5.56 Å². The van der Waals surface area contributed by atoms with Crippen LogP contribution in [0.15, 0.2) is 48.7 Å². The number of amides is 1. The Kier molecular flexibility index (Phi) is 4.90. The number of benzene rings is 1. The number of carbonyl (C=O) groups is 1. The summed E-state index contributed by atoms with van der Waals surface area (Å²) >= 11 is 0. The van der Waals surface area contributed by atoms with Crippen molar-refractivity contribution in [2.45, 2.75) is 38.8 Å². The van der Waals surface area contributed by atoms with Crippen molar-refractivity contribution in [3.63, 3.8) is 0 Å². The molecule has 0 unspecified atom stereocenters. The van der Waals surface area contributed by atoms with E-state index < -0.39 is 0 Å². The fourth-order valence-electron chi connectivity index (χ4n) is 3.70. The molecular formula is C21H25N5O. The van der Waals surface area contributed by atoms with E-state index in [4.69, 9.17) is 0 Å². The molecule has 3 aromatic rings. The summed E-state index contributed by atoms with van der Waals surface area (Å²) < 4.78 is 1.98. The number of hydrogen-bond acceptors (Lipinski definition) is 4. The highest BCUT2D eigenvalue weighted by molar-refractivity contribution is 5.94. The summed E-state index contributed by atoms with van der Waals surface area (Å²) in [6, 6.07) is 14.3. The molecule has 1 amide bonds. The quantitative estimate of drug-likeness (QED) is 0.757. The summed E-state index contributed by atoms with van der Waals surface area (Å²) in [6.45, 7) is 6.87. The lowest BCUT2D eigenvalue weighted by molar-refractivity contribution is 0.0942. The molecule has 1 fully saturated rings. The average Bonchev–Trinajstić information content (AvgIpc) is 3.28. The van der Waals surface area contributed by atoms with Gasteiger partial charge in [-0.3, -0.25) is 14.1 Å². The molecule has 1 saturated heterocycles. The molecule has 1 aliphatic heterocycles. The Morgan fingerprint density at radius 1 is 1.19 bits per heavy atom. The zero-order valence-electron chi connectivity index (χ0n) is 15.8. The van der Waals surface area contributed by atoms with Gasteiger partial charge >= 0.3 is 0 Å². The van der Waals surface area contributed by atoms with Crippen LogP contribution in [0.1, 0.15) is 47.9 Å². The van der Waals surface area contributed by atoms with Crippen LogP contribution in [-0.4, -0.2) is 44.5 Å². The lowest BCUT2D eigenvalue weighted by atomic mass is 10.1. The van der Waals surface area contributed by atoms with Crippen LogP contribution in [0.3, 0.4) is 0 Å². The molecule has 0 aliphatic carbocycles. The average molecular weight is 363 g/mol. The van der Waals surface area contributed by atoms with E-state index in [2.05, 4.69) is 44.7 Å². The van der Waals surface area contributed by atoms with Gasteiger partial charge in [0, 0.05) is 31.2 Å². The summed E-state index contributed by atoms with van der Waals surface area (Å²) in [6.07, 6.45) is 2.91. The van der Waals surface area contributed by atoms with Crippen LogP contribution in [0.4, 0.5) is 0 Å². The van der Waals surface area contributed by atoms with Crippen molar-refractivity contribution >= 4 is 11.6 Å². The minimum Gasteiger partial charge on any atom is -0.350 e. The van der Waals surface area contributed by atoms with Crippen LogP contribution in [0.5, 0.6) is 0 Å².